The molecule has 0 saturated heterocycles. The maximum absolute atomic E-state index is 11.3. The molecule has 0 saturated carbocycles. The summed E-state index contributed by atoms with van der Waals surface area (Å²) < 4.78 is 9.28. The number of carbonyl (C=O) groups is 2. The van der Waals surface area contributed by atoms with E-state index in [1.54, 1.807) is 6.26 Å². The molecule has 0 radical (unpaired) electrons. The molecular weight excluding hydrogens is 204 g/mol. The van der Waals surface area contributed by atoms with E-state index >= 15 is 0 Å². The summed E-state index contributed by atoms with van der Waals surface area (Å²) in [6.45, 7) is 3.46. The van der Waals surface area contributed by atoms with Crippen molar-refractivity contribution in [2.24, 2.45) is 5.92 Å². The quantitative estimate of drug-likeness (QED) is 0.290. The van der Waals surface area contributed by atoms with Gasteiger partial charge in [-0.05, 0) is 12.7 Å². The minimum atomic E-state index is -0.885. The van der Waals surface area contributed by atoms with Crippen LogP contribution < -0.4 is 0 Å². The third kappa shape index (κ3) is 4.32. The summed E-state index contributed by atoms with van der Waals surface area (Å²) in [7, 11) is 1.24. The Labute approximate surface area is 87.6 Å². The van der Waals surface area contributed by atoms with Gasteiger partial charge in [0.1, 0.15) is 5.94 Å². The van der Waals surface area contributed by atoms with Crippen LogP contribution in [0.3, 0.4) is 0 Å². The molecule has 0 aliphatic rings. The van der Waals surface area contributed by atoms with Gasteiger partial charge >= 0.3 is 11.9 Å². The molecule has 1 atom stereocenters. The Bertz CT molecular complexity index is 215. The smallest absolute Gasteiger partial charge is 0.321 e. The number of methoxy groups -OCH3 is 1. The highest BCUT2D eigenvalue weighted by atomic mass is 32.2. The summed E-state index contributed by atoms with van der Waals surface area (Å²) in [5, 5.41) is 0. The van der Waals surface area contributed by atoms with Crippen molar-refractivity contribution in [3.63, 3.8) is 0 Å². The zero-order chi connectivity index (χ0) is 11.0. The van der Waals surface area contributed by atoms with Gasteiger partial charge in [-0.15, -0.1) is 18.3 Å². The molecule has 0 bridgehead atoms. The Hall–Kier alpha value is -0.970. The van der Waals surface area contributed by atoms with Crippen LogP contribution in [0, 0.1) is 5.92 Å². The van der Waals surface area contributed by atoms with Crippen molar-refractivity contribution in [2.45, 2.75) is 6.42 Å². The number of rotatable bonds is 6. The Morgan fingerprint density at radius 1 is 1.50 bits per heavy atom. The molecule has 0 fully saturated rings. The van der Waals surface area contributed by atoms with Crippen molar-refractivity contribution in [2.75, 3.05) is 19.3 Å². The molecule has 0 spiro atoms. The zero-order valence-corrected chi connectivity index (χ0v) is 9.13. The van der Waals surface area contributed by atoms with E-state index in [1.807, 2.05) is 0 Å². The second kappa shape index (κ2) is 7.44. The van der Waals surface area contributed by atoms with Crippen LogP contribution in [0.15, 0.2) is 12.7 Å². The van der Waals surface area contributed by atoms with Crippen molar-refractivity contribution < 1.29 is 19.1 Å². The summed E-state index contributed by atoms with van der Waals surface area (Å²) in [5.74, 6) is -1.80. The molecule has 4 nitrogen and oxygen atoms in total. The summed E-state index contributed by atoms with van der Waals surface area (Å²) in [6, 6.07) is 0. The molecule has 1 unspecified atom stereocenters. The Kier molecular flexibility index (Phi) is 6.92. The average molecular weight is 218 g/mol. The Morgan fingerprint density at radius 2 is 2.14 bits per heavy atom. The van der Waals surface area contributed by atoms with Gasteiger partial charge in [-0.2, -0.15) is 0 Å². The first-order valence-electron chi connectivity index (χ1n) is 4.01. The van der Waals surface area contributed by atoms with Crippen LogP contribution in [0.4, 0.5) is 0 Å². The lowest BCUT2D eigenvalue weighted by Crippen LogP contribution is -2.26. The van der Waals surface area contributed by atoms with Crippen LogP contribution in [0.2, 0.25) is 0 Å². The van der Waals surface area contributed by atoms with E-state index in [1.165, 1.54) is 24.9 Å². The molecule has 0 aliphatic heterocycles. The van der Waals surface area contributed by atoms with Crippen LogP contribution in [0.1, 0.15) is 6.42 Å². The predicted molar refractivity (Wildman–Crippen MR) is 54.8 cm³/mol. The lowest BCUT2D eigenvalue weighted by atomic mass is 10.1. The number of esters is 2. The predicted octanol–water partition coefficient (Wildman–Crippen LogP) is 1.22. The molecule has 0 amide bonds. The first-order valence-corrected chi connectivity index (χ1v) is 5.41. The number of allylic oxidation sites excluding steroid dienone is 1. The highest BCUT2D eigenvalue weighted by molar-refractivity contribution is 7.98. The summed E-state index contributed by atoms with van der Waals surface area (Å²) in [5.41, 5.74) is 0. The molecule has 80 valence electrons. The summed E-state index contributed by atoms with van der Waals surface area (Å²) in [6.07, 6.45) is 3.52. The van der Waals surface area contributed by atoms with Gasteiger partial charge < -0.3 is 9.47 Å². The van der Waals surface area contributed by atoms with Crippen LogP contribution in [-0.4, -0.2) is 31.2 Å². The van der Waals surface area contributed by atoms with Gasteiger partial charge in [0.25, 0.3) is 0 Å². The van der Waals surface area contributed by atoms with Crippen molar-refractivity contribution in [3.05, 3.63) is 12.7 Å². The fourth-order valence-corrected chi connectivity index (χ4v) is 1.05. The Balaban J connectivity index is 4.24. The number of thioether (sulfide) groups is 1. The number of carbonyl (C=O) groups excluding carboxylic acids is 2. The lowest BCUT2D eigenvalue weighted by molar-refractivity contribution is -0.158. The fraction of sp³-hybridized carbons (Fsp3) is 0.556. The fourth-order valence-electron chi connectivity index (χ4n) is 0.815. The summed E-state index contributed by atoms with van der Waals surface area (Å²) in [4.78, 5) is 22.4. The van der Waals surface area contributed by atoms with Gasteiger partial charge in [-0.25, -0.2) is 0 Å². The van der Waals surface area contributed by atoms with Gasteiger partial charge in [-0.3, -0.25) is 9.59 Å². The molecule has 0 aromatic heterocycles. The van der Waals surface area contributed by atoms with Gasteiger partial charge in [-0.1, -0.05) is 6.08 Å². The molecule has 0 aromatic rings. The molecule has 5 heteroatoms. The van der Waals surface area contributed by atoms with Crippen molar-refractivity contribution in [3.8, 4) is 0 Å². The minimum Gasteiger partial charge on any atom is -0.468 e. The van der Waals surface area contributed by atoms with Gasteiger partial charge in [0, 0.05) is 0 Å². The van der Waals surface area contributed by atoms with E-state index in [9.17, 15) is 9.59 Å². The second-order valence-electron chi connectivity index (χ2n) is 2.47. The van der Waals surface area contributed by atoms with Gasteiger partial charge in [0.05, 0.1) is 7.11 Å². The highest BCUT2D eigenvalue weighted by Gasteiger charge is 2.27. The molecule has 0 heterocycles. The lowest BCUT2D eigenvalue weighted by Gasteiger charge is -2.11. The largest absolute Gasteiger partial charge is 0.468 e. The van der Waals surface area contributed by atoms with E-state index in [0.717, 1.165) is 0 Å². The van der Waals surface area contributed by atoms with Crippen LogP contribution in [0.25, 0.3) is 0 Å². The maximum atomic E-state index is 11.3. The average Bonchev–Trinajstić information content (AvgIpc) is 2.21. The van der Waals surface area contributed by atoms with E-state index in [-0.39, 0.29) is 12.4 Å². The van der Waals surface area contributed by atoms with Crippen molar-refractivity contribution in [1.82, 2.24) is 0 Å². The van der Waals surface area contributed by atoms with Crippen LogP contribution >= 0.6 is 11.8 Å². The van der Waals surface area contributed by atoms with E-state index in [4.69, 9.17) is 4.74 Å². The van der Waals surface area contributed by atoms with Crippen molar-refractivity contribution >= 4 is 23.7 Å². The van der Waals surface area contributed by atoms with E-state index in [2.05, 4.69) is 11.3 Å². The molecule has 0 aliphatic carbocycles. The number of ether oxygens (including phenoxy) is 2. The normalized spacial score (nSPS) is 11.6. The SMILES string of the molecule is C=CCC(C(=O)OC)C(=O)OCSC. The first-order chi connectivity index (χ1) is 6.67. The van der Waals surface area contributed by atoms with E-state index in [0.29, 0.717) is 0 Å². The third-order valence-corrected chi connectivity index (χ3v) is 1.85. The van der Waals surface area contributed by atoms with Crippen LogP contribution in [0.5, 0.6) is 0 Å². The summed E-state index contributed by atoms with van der Waals surface area (Å²) >= 11 is 1.36. The topological polar surface area (TPSA) is 52.6 Å². The molecule has 0 rings (SSSR count). The second-order valence-corrected chi connectivity index (χ2v) is 3.28. The minimum absolute atomic E-state index is 0.236. The highest BCUT2D eigenvalue weighted by Crippen LogP contribution is 2.10. The monoisotopic (exact) mass is 218 g/mol. The zero-order valence-electron chi connectivity index (χ0n) is 8.32. The maximum Gasteiger partial charge on any atom is 0.321 e. The van der Waals surface area contributed by atoms with E-state index < -0.39 is 17.9 Å². The first kappa shape index (κ1) is 13.0. The molecule has 0 aromatic carbocycles. The number of hydrogen-bond acceptors (Lipinski definition) is 5. The van der Waals surface area contributed by atoms with Crippen LogP contribution in [-0.2, 0) is 19.1 Å². The standard InChI is InChI=1S/C9H14O4S/c1-4-5-7(8(10)12-2)9(11)13-6-14-3/h4,7H,1,5-6H2,2-3H3. The van der Waals surface area contributed by atoms with Crippen molar-refractivity contribution in [1.29, 1.82) is 0 Å². The van der Waals surface area contributed by atoms with Gasteiger partial charge in [0.15, 0.2) is 5.92 Å². The Morgan fingerprint density at radius 3 is 2.57 bits per heavy atom. The van der Waals surface area contributed by atoms with Gasteiger partial charge in [0.2, 0.25) is 0 Å². The third-order valence-electron chi connectivity index (χ3n) is 1.49. The molecule has 0 N–H and O–H groups in total. The molecular formula is C9H14O4S. The molecule has 14 heavy (non-hydrogen) atoms. The number of hydrogen-bond donors (Lipinski definition) is 0.